The molecule has 0 radical (unpaired) electrons. The molecule has 134 valence electrons. The Balaban J connectivity index is 1.58. The zero-order valence-corrected chi connectivity index (χ0v) is 14.3. The van der Waals surface area contributed by atoms with Crippen molar-refractivity contribution in [2.45, 2.75) is 6.92 Å². The van der Waals surface area contributed by atoms with Crippen molar-refractivity contribution in [2.75, 3.05) is 38.0 Å². The summed E-state index contributed by atoms with van der Waals surface area (Å²) in [6.45, 7) is -12.0. The van der Waals surface area contributed by atoms with Crippen molar-refractivity contribution < 1.29 is 20.5 Å². The fourth-order valence-corrected chi connectivity index (χ4v) is 2.91. The highest BCUT2D eigenvalue weighted by atomic mass is 32.1. The molecule has 0 unspecified atom stereocenters. The number of aryl methyl sites for hydroxylation is 1. The van der Waals surface area contributed by atoms with Crippen molar-refractivity contribution in [1.29, 1.82) is 0 Å². The molecule has 9 heteroatoms. The van der Waals surface area contributed by atoms with Crippen molar-refractivity contribution in [3.8, 4) is 10.6 Å². The number of ether oxygens (including phenoxy) is 1. The minimum atomic E-state index is -3.23. The van der Waals surface area contributed by atoms with Gasteiger partial charge in [-0.05, 0) is 13.0 Å². The van der Waals surface area contributed by atoms with E-state index in [-0.39, 0.29) is 10.8 Å². The molecule has 4 rings (SSSR count). The fourth-order valence-electron chi connectivity index (χ4n) is 2.23. The highest BCUT2D eigenvalue weighted by molar-refractivity contribution is 7.14. The topological polar surface area (TPSA) is 93.1 Å². The molecular formula is C17H18N6O2S. The van der Waals surface area contributed by atoms with Crippen LogP contribution in [0.25, 0.3) is 21.5 Å². The zero-order chi connectivity index (χ0) is 25.1. The number of amides is 1. The third kappa shape index (κ3) is 3.85. The van der Waals surface area contributed by atoms with Gasteiger partial charge >= 0.3 is 0 Å². The van der Waals surface area contributed by atoms with Gasteiger partial charge in [0.1, 0.15) is 10.0 Å². The van der Waals surface area contributed by atoms with Gasteiger partial charge in [-0.2, -0.15) is 0 Å². The molecular weight excluding hydrogens is 352 g/mol. The fraction of sp³-hybridized carbons (Fsp3) is 0.353. The molecule has 0 bridgehead atoms. The number of nitrogens with one attached hydrogen (secondary N) is 1. The van der Waals surface area contributed by atoms with Gasteiger partial charge in [0.2, 0.25) is 11.9 Å². The van der Waals surface area contributed by atoms with Gasteiger partial charge in [-0.3, -0.25) is 15.0 Å². The maximum Gasteiger partial charge on any atom is 0.240 e. The molecule has 1 aliphatic rings. The molecule has 1 fully saturated rings. The number of carbonyl (C=O) groups is 1. The first-order chi connectivity index (χ1) is 15.6. The smallest absolute Gasteiger partial charge is 0.240 e. The van der Waals surface area contributed by atoms with Crippen LogP contribution in [0, 0.1) is 6.92 Å². The van der Waals surface area contributed by atoms with Gasteiger partial charge in [-0.15, -0.1) is 10.2 Å². The van der Waals surface area contributed by atoms with Crippen LogP contribution in [0.2, 0.25) is 0 Å². The van der Waals surface area contributed by atoms with Gasteiger partial charge in [0.05, 0.1) is 30.7 Å². The quantitative estimate of drug-likeness (QED) is 0.739. The molecule has 0 atom stereocenters. The monoisotopic (exact) mass is 378 g/mol. The van der Waals surface area contributed by atoms with E-state index >= 15 is 0 Å². The third-order valence-electron chi connectivity index (χ3n) is 3.37. The summed E-state index contributed by atoms with van der Waals surface area (Å²) < 4.78 is 67.1. The number of benzene rings is 1. The average molecular weight is 378 g/mol. The van der Waals surface area contributed by atoms with E-state index in [0.717, 1.165) is 10.6 Å². The molecule has 1 amide bonds. The highest BCUT2D eigenvalue weighted by Gasteiger charge is 2.15. The Morgan fingerprint density at radius 2 is 2.23 bits per heavy atom. The number of anilines is 1. The summed E-state index contributed by atoms with van der Waals surface area (Å²) in [5.41, 5.74) is 1.23. The van der Waals surface area contributed by atoms with Crippen LogP contribution in [0.5, 0.6) is 0 Å². The Morgan fingerprint density at radius 1 is 1.38 bits per heavy atom. The number of rotatable bonds is 4. The number of hydrogen-bond donors (Lipinski definition) is 1. The normalized spacial score (nSPS) is 27.6. The van der Waals surface area contributed by atoms with Crippen LogP contribution < -0.4 is 5.32 Å². The molecule has 1 aliphatic heterocycles. The van der Waals surface area contributed by atoms with E-state index in [0.29, 0.717) is 15.9 Å². The molecule has 3 heterocycles. The van der Waals surface area contributed by atoms with E-state index in [2.05, 4.69) is 30.2 Å². The summed E-state index contributed by atoms with van der Waals surface area (Å²) in [5.74, 6) is -1.13. The zero-order valence-electron chi connectivity index (χ0n) is 21.5. The molecule has 0 aliphatic carbocycles. The summed E-state index contributed by atoms with van der Waals surface area (Å²) in [6.07, 6.45) is 1.46. The second-order valence-corrected chi connectivity index (χ2v) is 6.44. The molecule has 8 nitrogen and oxygen atoms in total. The molecule has 0 saturated carbocycles. The Kier molecular flexibility index (Phi) is 2.85. The standard InChI is InChI=1S/C17H18N6O2S/c1-11-21-22-16(26-11)12-2-3-13-9-18-17(19-14(13)8-12)20-15(24)10-23-4-6-25-7-5-23/h2-3,8-9H,4-7,10H2,1H3,(H,18,19,20,24)/i4D2,5D2,6D2,7D2. The van der Waals surface area contributed by atoms with Crippen molar-refractivity contribution in [3.05, 3.63) is 29.4 Å². The molecule has 1 aromatic carbocycles. The lowest BCUT2D eigenvalue weighted by molar-refractivity contribution is -0.118. The van der Waals surface area contributed by atoms with Crippen molar-refractivity contribution in [2.24, 2.45) is 0 Å². The van der Waals surface area contributed by atoms with Gasteiger partial charge in [0.25, 0.3) is 0 Å². The van der Waals surface area contributed by atoms with Crippen LogP contribution in [0.3, 0.4) is 0 Å². The van der Waals surface area contributed by atoms with E-state index in [1.54, 1.807) is 12.1 Å². The van der Waals surface area contributed by atoms with Gasteiger partial charge in [-0.1, -0.05) is 23.5 Å². The Morgan fingerprint density at radius 3 is 3.00 bits per heavy atom. The predicted molar refractivity (Wildman–Crippen MR) is 99.1 cm³/mol. The van der Waals surface area contributed by atoms with E-state index < -0.39 is 38.6 Å². The first-order valence-electron chi connectivity index (χ1n) is 11.5. The summed E-state index contributed by atoms with van der Waals surface area (Å²) >= 11 is 1.40. The molecule has 26 heavy (non-hydrogen) atoms. The first-order valence-corrected chi connectivity index (χ1v) is 8.31. The largest absolute Gasteiger partial charge is 0.379 e. The maximum absolute atomic E-state index is 12.6. The van der Waals surface area contributed by atoms with Gasteiger partial charge < -0.3 is 4.74 Å². The van der Waals surface area contributed by atoms with Gasteiger partial charge in [-0.25, -0.2) is 9.97 Å². The van der Waals surface area contributed by atoms with Gasteiger partial charge in [0.15, 0.2) is 0 Å². The second-order valence-electron chi connectivity index (χ2n) is 5.26. The summed E-state index contributed by atoms with van der Waals surface area (Å²) in [5, 5.41) is 12.5. The lowest BCUT2D eigenvalue weighted by Crippen LogP contribution is -2.41. The predicted octanol–water partition coefficient (Wildman–Crippen LogP) is 1.73. The second kappa shape index (κ2) is 7.40. The van der Waals surface area contributed by atoms with E-state index in [1.165, 1.54) is 17.5 Å². The van der Waals surface area contributed by atoms with E-state index in [1.807, 2.05) is 13.0 Å². The molecule has 3 aromatic rings. The maximum atomic E-state index is 12.6. The SMILES string of the molecule is [2H]C1([2H])OC([2H])([2H])C([2H])([2H])N(CC(=O)Nc2ncc3ccc(-c4nnc(C)s4)cc3n2)C1([2H])[2H]. The summed E-state index contributed by atoms with van der Waals surface area (Å²) in [7, 11) is 0. The Labute approximate surface area is 165 Å². The molecule has 2 aromatic heterocycles. The minimum Gasteiger partial charge on any atom is -0.379 e. The number of carbonyl (C=O) groups excluding carboxylic acids is 1. The van der Waals surface area contributed by atoms with Crippen LogP contribution >= 0.6 is 11.3 Å². The Hall–Kier alpha value is -2.49. The third-order valence-corrected chi connectivity index (χ3v) is 4.26. The number of hydrogen-bond acceptors (Lipinski definition) is 8. The lowest BCUT2D eigenvalue weighted by Gasteiger charge is -2.25. The van der Waals surface area contributed by atoms with E-state index in [4.69, 9.17) is 11.0 Å². The number of fused-ring (bicyclic) bond motifs is 1. The van der Waals surface area contributed by atoms with E-state index in [9.17, 15) is 4.79 Å². The Bertz CT molecular complexity index is 1240. The average Bonchev–Trinajstić information content (AvgIpc) is 3.16. The first kappa shape index (κ1) is 10.0. The molecule has 0 spiro atoms. The van der Waals surface area contributed by atoms with Crippen LogP contribution in [0.4, 0.5) is 5.95 Å². The number of nitrogens with zero attached hydrogens (tertiary/aromatic N) is 5. The van der Waals surface area contributed by atoms with Crippen LogP contribution in [-0.2, 0) is 9.53 Å². The molecule has 1 saturated heterocycles. The summed E-state index contributed by atoms with van der Waals surface area (Å²) in [4.78, 5) is 21.1. The van der Waals surface area contributed by atoms with Crippen LogP contribution in [0.15, 0.2) is 24.4 Å². The number of aromatic nitrogens is 4. The van der Waals surface area contributed by atoms with Crippen LogP contribution in [0.1, 0.15) is 16.0 Å². The molecule has 1 N–H and O–H groups in total. The number of morpholine rings is 1. The minimum absolute atomic E-state index is 0.149. The van der Waals surface area contributed by atoms with Crippen molar-refractivity contribution in [1.82, 2.24) is 25.1 Å². The highest BCUT2D eigenvalue weighted by Crippen LogP contribution is 2.26. The lowest BCUT2D eigenvalue weighted by atomic mass is 10.1. The van der Waals surface area contributed by atoms with Crippen LogP contribution in [-0.4, -0.2) is 63.6 Å². The van der Waals surface area contributed by atoms with Gasteiger partial charge in [0, 0.05) is 35.6 Å². The van der Waals surface area contributed by atoms with Crippen molar-refractivity contribution >= 4 is 34.1 Å². The summed E-state index contributed by atoms with van der Waals surface area (Å²) in [6, 6.07) is 5.33. The van der Waals surface area contributed by atoms with Crippen molar-refractivity contribution in [3.63, 3.8) is 0 Å².